The molecule has 0 aromatic rings. The van der Waals surface area contributed by atoms with Crippen LogP contribution in [0.2, 0.25) is 0 Å². The SMILES string of the molecule is O=S(=O)(C[C@]1(O)C[C@H]2CC[C@@H]1C2)C[C@]1(O)C[C@H]2CC[C@@H]1C2. The van der Waals surface area contributed by atoms with E-state index in [-0.39, 0.29) is 23.3 Å². The summed E-state index contributed by atoms with van der Waals surface area (Å²) in [6.07, 6.45) is 7.46. The quantitative estimate of drug-likeness (QED) is 0.825. The summed E-state index contributed by atoms with van der Waals surface area (Å²) in [4.78, 5) is 0. The van der Waals surface area contributed by atoms with Crippen molar-refractivity contribution in [3.63, 3.8) is 0 Å². The van der Waals surface area contributed by atoms with E-state index in [1.165, 1.54) is 0 Å². The van der Waals surface area contributed by atoms with Gasteiger partial charge in [-0.05, 0) is 75.0 Å². The van der Waals surface area contributed by atoms with Gasteiger partial charge in [-0.3, -0.25) is 0 Å². The van der Waals surface area contributed by atoms with Crippen LogP contribution in [0.1, 0.15) is 51.4 Å². The molecule has 0 amide bonds. The van der Waals surface area contributed by atoms with Gasteiger partial charge in [-0.2, -0.15) is 0 Å². The Morgan fingerprint density at radius 2 is 1.24 bits per heavy atom. The largest absolute Gasteiger partial charge is 0.389 e. The van der Waals surface area contributed by atoms with Crippen molar-refractivity contribution < 1.29 is 18.6 Å². The Hall–Kier alpha value is -0.130. The number of hydrogen-bond donors (Lipinski definition) is 2. The van der Waals surface area contributed by atoms with Crippen LogP contribution in [0.25, 0.3) is 0 Å². The third-order valence-corrected chi connectivity index (χ3v) is 8.71. The highest BCUT2D eigenvalue weighted by Gasteiger charge is 2.55. The van der Waals surface area contributed by atoms with Crippen LogP contribution in [0.4, 0.5) is 0 Å². The van der Waals surface area contributed by atoms with Gasteiger partial charge < -0.3 is 10.2 Å². The lowest BCUT2D eigenvalue weighted by Gasteiger charge is -2.35. The van der Waals surface area contributed by atoms with E-state index in [0.29, 0.717) is 24.7 Å². The molecule has 0 aromatic heterocycles. The molecule has 4 aliphatic carbocycles. The molecule has 4 nitrogen and oxygen atoms in total. The van der Waals surface area contributed by atoms with Crippen molar-refractivity contribution in [3.05, 3.63) is 0 Å². The Bertz CT molecular complexity index is 502. The molecule has 0 radical (unpaired) electrons. The molecule has 4 rings (SSSR count). The summed E-state index contributed by atoms with van der Waals surface area (Å²) >= 11 is 0. The smallest absolute Gasteiger partial charge is 0.155 e. The summed E-state index contributed by atoms with van der Waals surface area (Å²) < 4.78 is 25.2. The summed E-state index contributed by atoms with van der Waals surface area (Å²) in [7, 11) is -3.41. The van der Waals surface area contributed by atoms with Gasteiger partial charge in [0.15, 0.2) is 9.84 Å². The number of rotatable bonds is 4. The monoisotopic (exact) mass is 314 g/mol. The van der Waals surface area contributed by atoms with Crippen LogP contribution in [-0.2, 0) is 9.84 Å². The molecular formula is C16H26O4S. The highest BCUT2D eigenvalue weighted by molar-refractivity contribution is 7.91. The van der Waals surface area contributed by atoms with Crippen LogP contribution in [0, 0.1) is 23.7 Å². The second-order valence-corrected chi connectivity index (χ2v) is 10.5. The summed E-state index contributed by atoms with van der Waals surface area (Å²) in [6, 6.07) is 0. The molecular weight excluding hydrogens is 288 g/mol. The van der Waals surface area contributed by atoms with Crippen molar-refractivity contribution in [3.8, 4) is 0 Å². The van der Waals surface area contributed by atoms with Gasteiger partial charge in [-0.15, -0.1) is 0 Å². The highest BCUT2D eigenvalue weighted by Crippen LogP contribution is 2.53. The van der Waals surface area contributed by atoms with Crippen molar-refractivity contribution in [2.45, 2.75) is 62.6 Å². The molecule has 4 saturated carbocycles. The average molecular weight is 314 g/mol. The normalized spacial score (nSPS) is 51.9. The summed E-state index contributed by atoms with van der Waals surface area (Å²) in [5, 5.41) is 21.5. The molecule has 0 unspecified atom stereocenters. The molecule has 4 fully saturated rings. The maximum atomic E-state index is 12.6. The first-order chi connectivity index (χ1) is 9.78. The van der Waals surface area contributed by atoms with Crippen molar-refractivity contribution >= 4 is 9.84 Å². The molecule has 21 heavy (non-hydrogen) atoms. The minimum Gasteiger partial charge on any atom is -0.389 e. The Morgan fingerprint density at radius 3 is 1.52 bits per heavy atom. The molecule has 6 atom stereocenters. The van der Waals surface area contributed by atoms with Gasteiger partial charge >= 0.3 is 0 Å². The zero-order valence-corrected chi connectivity index (χ0v) is 13.3. The first kappa shape index (κ1) is 14.5. The number of fused-ring (bicyclic) bond motifs is 4. The van der Waals surface area contributed by atoms with Gasteiger partial charge in [-0.1, -0.05) is 0 Å². The minimum atomic E-state index is -3.41. The Labute approximate surface area is 126 Å². The van der Waals surface area contributed by atoms with Crippen LogP contribution in [-0.4, -0.2) is 41.3 Å². The van der Waals surface area contributed by atoms with E-state index in [1.807, 2.05) is 0 Å². The van der Waals surface area contributed by atoms with E-state index < -0.39 is 21.0 Å². The third-order valence-electron chi connectivity index (χ3n) is 6.83. The Kier molecular flexibility index (Phi) is 3.07. The zero-order valence-electron chi connectivity index (χ0n) is 12.5. The Morgan fingerprint density at radius 1 is 0.810 bits per heavy atom. The second-order valence-electron chi connectivity index (χ2n) is 8.40. The van der Waals surface area contributed by atoms with E-state index >= 15 is 0 Å². The lowest BCUT2D eigenvalue weighted by atomic mass is 9.86. The molecule has 0 saturated heterocycles. The molecule has 4 aliphatic rings. The molecule has 0 heterocycles. The van der Waals surface area contributed by atoms with Gasteiger partial charge in [0.25, 0.3) is 0 Å². The van der Waals surface area contributed by atoms with Gasteiger partial charge in [0.1, 0.15) is 0 Å². The van der Waals surface area contributed by atoms with E-state index in [2.05, 4.69) is 0 Å². The maximum Gasteiger partial charge on any atom is 0.155 e. The fraction of sp³-hybridized carbons (Fsp3) is 1.00. The lowest BCUT2D eigenvalue weighted by Crippen LogP contribution is -2.48. The van der Waals surface area contributed by atoms with E-state index in [9.17, 15) is 18.6 Å². The molecule has 4 bridgehead atoms. The van der Waals surface area contributed by atoms with E-state index in [0.717, 1.165) is 38.5 Å². The van der Waals surface area contributed by atoms with Crippen LogP contribution >= 0.6 is 0 Å². The molecule has 2 N–H and O–H groups in total. The van der Waals surface area contributed by atoms with Gasteiger partial charge in [0.2, 0.25) is 0 Å². The van der Waals surface area contributed by atoms with Crippen molar-refractivity contribution in [1.29, 1.82) is 0 Å². The molecule has 120 valence electrons. The fourth-order valence-corrected chi connectivity index (χ4v) is 8.33. The standard InChI is InChI=1S/C16H26O4S/c17-15(7-11-1-3-13(15)5-11)9-21(19,20)10-16(18)8-12-2-4-14(16)6-12/h11-14,17-18H,1-10H2/t11-,12-,13+,14+,15+,16+/m0/s1. The summed E-state index contributed by atoms with van der Waals surface area (Å²) in [5.41, 5.74) is -2.04. The average Bonchev–Trinajstić information content (AvgIpc) is 3.03. The van der Waals surface area contributed by atoms with Gasteiger partial charge in [0, 0.05) is 0 Å². The number of sulfone groups is 1. The van der Waals surface area contributed by atoms with Crippen molar-refractivity contribution in [2.24, 2.45) is 23.7 Å². The molecule has 0 aromatic carbocycles. The molecule has 0 aliphatic heterocycles. The first-order valence-electron chi connectivity index (χ1n) is 8.43. The van der Waals surface area contributed by atoms with Crippen molar-refractivity contribution in [2.75, 3.05) is 11.5 Å². The summed E-state index contributed by atoms with van der Waals surface area (Å²) in [6.45, 7) is 0. The fourth-order valence-electron chi connectivity index (χ4n) is 6.00. The number of aliphatic hydroxyl groups is 2. The number of hydrogen-bond acceptors (Lipinski definition) is 4. The predicted octanol–water partition coefficient (Wildman–Crippen LogP) is 1.50. The van der Waals surface area contributed by atoms with Crippen LogP contribution in [0.3, 0.4) is 0 Å². The van der Waals surface area contributed by atoms with Crippen LogP contribution < -0.4 is 0 Å². The first-order valence-corrected chi connectivity index (χ1v) is 10.3. The van der Waals surface area contributed by atoms with Crippen molar-refractivity contribution in [1.82, 2.24) is 0 Å². The molecule has 5 heteroatoms. The minimum absolute atomic E-state index is 0.138. The van der Waals surface area contributed by atoms with Gasteiger partial charge in [0.05, 0.1) is 22.7 Å². The predicted molar refractivity (Wildman–Crippen MR) is 79.4 cm³/mol. The van der Waals surface area contributed by atoms with Gasteiger partial charge in [-0.25, -0.2) is 8.42 Å². The van der Waals surface area contributed by atoms with Crippen LogP contribution in [0.5, 0.6) is 0 Å². The van der Waals surface area contributed by atoms with Crippen LogP contribution in [0.15, 0.2) is 0 Å². The highest BCUT2D eigenvalue weighted by atomic mass is 32.2. The molecule has 0 spiro atoms. The lowest BCUT2D eigenvalue weighted by molar-refractivity contribution is 0.00213. The van der Waals surface area contributed by atoms with E-state index in [4.69, 9.17) is 0 Å². The zero-order chi connectivity index (χ0) is 14.9. The Balaban J connectivity index is 1.47. The maximum absolute atomic E-state index is 12.6. The van der Waals surface area contributed by atoms with E-state index in [1.54, 1.807) is 0 Å². The topological polar surface area (TPSA) is 74.6 Å². The third kappa shape index (κ3) is 2.36. The second kappa shape index (κ2) is 4.45. The summed E-state index contributed by atoms with van der Waals surface area (Å²) in [5.74, 6) is 1.07.